The summed E-state index contributed by atoms with van der Waals surface area (Å²) in [5.74, 6) is 0.325. The van der Waals surface area contributed by atoms with Gasteiger partial charge in [-0.25, -0.2) is 12.8 Å². The van der Waals surface area contributed by atoms with E-state index in [1.807, 2.05) is 11.5 Å². The molecule has 1 aliphatic rings. The molecule has 0 unspecified atom stereocenters. The molecule has 0 spiro atoms. The topological polar surface area (TPSA) is 97.2 Å². The van der Waals surface area contributed by atoms with Gasteiger partial charge in [0.15, 0.2) is 0 Å². The number of aryl methyl sites for hydroxylation is 1. The van der Waals surface area contributed by atoms with Gasteiger partial charge in [-0.15, -0.1) is 10.2 Å². The molecule has 3 aromatic rings. The van der Waals surface area contributed by atoms with Crippen LogP contribution in [-0.2, 0) is 16.6 Å². The highest BCUT2D eigenvalue weighted by Crippen LogP contribution is 2.29. The van der Waals surface area contributed by atoms with Crippen LogP contribution in [0.1, 0.15) is 41.9 Å². The molecule has 174 valence electrons. The summed E-state index contributed by atoms with van der Waals surface area (Å²) in [6, 6.07) is 8.94. The number of hydrogen-bond acceptors (Lipinski definition) is 5. The third-order valence-electron chi connectivity index (χ3n) is 5.71. The molecule has 2 heterocycles. The number of carbonyl (C=O) groups is 1. The number of hydrogen-bond donors (Lipinski definition) is 1. The van der Waals surface area contributed by atoms with Crippen molar-refractivity contribution in [2.75, 3.05) is 17.8 Å². The summed E-state index contributed by atoms with van der Waals surface area (Å²) in [5, 5.41) is 8.38. The molecule has 0 atom stereocenters. The van der Waals surface area contributed by atoms with Crippen LogP contribution in [0.4, 0.5) is 10.1 Å². The SMILES string of the molecule is CCn1cnnc1C1CCN(C(=O)c2cc(S(=O)(=O)Nc3ccc(F)cc3)ccc2Cl)CC1. The number of halogens is 2. The number of nitrogens with one attached hydrogen (secondary N) is 1. The first-order chi connectivity index (χ1) is 15.8. The van der Waals surface area contributed by atoms with E-state index in [1.165, 1.54) is 30.3 Å². The molecule has 0 radical (unpaired) electrons. The Balaban J connectivity index is 1.49. The van der Waals surface area contributed by atoms with Gasteiger partial charge in [-0.2, -0.15) is 0 Å². The number of likely N-dealkylation sites (tertiary alicyclic amines) is 1. The third-order valence-corrected chi connectivity index (χ3v) is 7.42. The highest BCUT2D eigenvalue weighted by molar-refractivity contribution is 7.92. The largest absolute Gasteiger partial charge is 0.339 e. The number of rotatable bonds is 6. The molecule has 1 amide bonds. The number of sulfonamides is 1. The van der Waals surface area contributed by atoms with Gasteiger partial charge in [0.25, 0.3) is 15.9 Å². The fourth-order valence-corrected chi connectivity index (χ4v) is 5.19. The Hall–Kier alpha value is -2.98. The molecule has 1 saturated heterocycles. The lowest BCUT2D eigenvalue weighted by atomic mass is 9.95. The van der Waals surface area contributed by atoms with Crippen molar-refractivity contribution in [3.8, 4) is 0 Å². The Bertz CT molecular complexity index is 1260. The average molecular weight is 492 g/mol. The van der Waals surface area contributed by atoms with E-state index in [0.717, 1.165) is 37.3 Å². The van der Waals surface area contributed by atoms with Crippen molar-refractivity contribution in [1.29, 1.82) is 0 Å². The third kappa shape index (κ3) is 5.01. The van der Waals surface area contributed by atoms with Crippen LogP contribution in [0.15, 0.2) is 53.7 Å². The maximum absolute atomic E-state index is 13.2. The first-order valence-electron chi connectivity index (χ1n) is 10.5. The number of aromatic nitrogens is 3. The van der Waals surface area contributed by atoms with Crippen LogP contribution in [0, 0.1) is 5.82 Å². The number of benzene rings is 2. The minimum Gasteiger partial charge on any atom is -0.339 e. The van der Waals surface area contributed by atoms with E-state index in [2.05, 4.69) is 14.9 Å². The van der Waals surface area contributed by atoms with Gasteiger partial charge in [-0.05, 0) is 62.2 Å². The van der Waals surface area contributed by atoms with Crippen molar-refractivity contribution in [1.82, 2.24) is 19.7 Å². The number of anilines is 1. The quantitative estimate of drug-likeness (QED) is 0.563. The maximum Gasteiger partial charge on any atom is 0.261 e. The van der Waals surface area contributed by atoms with Gasteiger partial charge in [0, 0.05) is 31.2 Å². The van der Waals surface area contributed by atoms with Crippen molar-refractivity contribution < 1.29 is 17.6 Å². The zero-order valence-electron chi connectivity index (χ0n) is 17.9. The zero-order valence-corrected chi connectivity index (χ0v) is 19.5. The molecule has 8 nitrogen and oxygen atoms in total. The van der Waals surface area contributed by atoms with Crippen molar-refractivity contribution in [2.24, 2.45) is 0 Å². The summed E-state index contributed by atoms with van der Waals surface area (Å²) in [4.78, 5) is 14.7. The van der Waals surface area contributed by atoms with Crippen molar-refractivity contribution in [3.05, 3.63) is 71.0 Å². The summed E-state index contributed by atoms with van der Waals surface area (Å²) in [6.07, 6.45) is 3.16. The molecule has 1 aromatic heterocycles. The van der Waals surface area contributed by atoms with Crippen LogP contribution in [0.2, 0.25) is 5.02 Å². The first kappa shape index (κ1) is 23.2. The summed E-state index contributed by atoms with van der Waals surface area (Å²) in [6.45, 7) is 3.81. The highest BCUT2D eigenvalue weighted by Gasteiger charge is 2.29. The molecule has 1 aliphatic heterocycles. The molecule has 1 fully saturated rings. The zero-order chi connectivity index (χ0) is 23.6. The van der Waals surface area contributed by atoms with Crippen LogP contribution in [0.25, 0.3) is 0 Å². The fraction of sp³-hybridized carbons (Fsp3) is 0.318. The van der Waals surface area contributed by atoms with E-state index in [0.29, 0.717) is 13.1 Å². The van der Waals surface area contributed by atoms with Crippen molar-refractivity contribution in [3.63, 3.8) is 0 Å². The fourth-order valence-electron chi connectivity index (χ4n) is 3.90. The molecule has 33 heavy (non-hydrogen) atoms. The average Bonchev–Trinajstić information content (AvgIpc) is 3.29. The molecular formula is C22H23ClFN5O3S. The predicted octanol–water partition coefficient (Wildman–Crippen LogP) is 3.91. The van der Waals surface area contributed by atoms with Crippen LogP contribution in [-0.4, -0.2) is 47.1 Å². The van der Waals surface area contributed by atoms with E-state index >= 15 is 0 Å². The summed E-state index contributed by atoms with van der Waals surface area (Å²) < 4.78 is 43.1. The lowest BCUT2D eigenvalue weighted by Gasteiger charge is -2.32. The second kappa shape index (κ2) is 9.48. The van der Waals surface area contributed by atoms with Gasteiger partial charge < -0.3 is 9.47 Å². The number of piperidine rings is 1. The second-order valence-electron chi connectivity index (χ2n) is 7.80. The Morgan fingerprint density at radius 3 is 2.55 bits per heavy atom. The standard InChI is InChI=1S/C22H23ClFN5O3S/c1-2-28-14-25-26-21(28)15-9-11-29(12-10-15)22(30)19-13-18(7-8-20(19)23)33(31,32)27-17-5-3-16(24)4-6-17/h3-8,13-15,27H,2,9-12H2,1H3. The van der Waals surface area contributed by atoms with Crippen molar-refractivity contribution in [2.45, 2.75) is 37.1 Å². The Morgan fingerprint density at radius 1 is 1.18 bits per heavy atom. The molecular weight excluding hydrogens is 469 g/mol. The van der Waals surface area contributed by atoms with Crippen molar-refractivity contribution >= 4 is 33.2 Å². The minimum atomic E-state index is -4.00. The molecule has 1 N–H and O–H groups in total. The predicted molar refractivity (Wildman–Crippen MR) is 122 cm³/mol. The number of amides is 1. The van der Waals surface area contributed by atoms with E-state index in [9.17, 15) is 17.6 Å². The normalized spacial score (nSPS) is 14.9. The van der Waals surface area contributed by atoms with Crippen LogP contribution in [0.5, 0.6) is 0 Å². The Kier molecular flexibility index (Phi) is 6.66. The molecule has 11 heteroatoms. The highest BCUT2D eigenvalue weighted by atomic mass is 35.5. The van der Waals surface area contributed by atoms with Gasteiger partial charge in [-0.1, -0.05) is 11.6 Å². The van der Waals surface area contributed by atoms with E-state index in [1.54, 1.807) is 11.2 Å². The molecule has 0 aliphatic carbocycles. The number of nitrogens with zero attached hydrogens (tertiary/aromatic N) is 4. The summed E-state index contributed by atoms with van der Waals surface area (Å²) >= 11 is 6.26. The van der Waals surface area contributed by atoms with Crippen LogP contribution in [0.3, 0.4) is 0 Å². The summed E-state index contributed by atoms with van der Waals surface area (Å²) in [5.41, 5.74) is 0.329. The molecule has 0 bridgehead atoms. The van der Waals surface area contributed by atoms with Gasteiger partial charge in [0.05, 0.1) is 15.5 Å². The first-order valence-corrected chi connectivity index (χ1v) is 12.4. The van der Waals surface area contributed by atoms with E-state index in [-0.39, 0.29) is 33.0 Å². The lowest BCUT2D eigenvalue weighted by molar-refractivity contribution is 0.0710. The lowest BCUT2D eigenvalue weighted by Crippen LogP contribution is -2.38. The summed E-state index contributed by atoms with van der Waals surface area (Å²) in [7, 11) is -4.00. The van der Waals surface area contributed by atoms with Crippen LogP contribution >= 0.6 is 11.6 Å². The Labute approximate surface area is 196 Å². The maximum atomic E-state index is 13.2. The van der Waals surface area contributed by atoms with Gasteiger partial charge >= 0.3 is 0 Å². The van der Waals surface area contributed by atoms with Gasteiger partial charge in [-0.3, -0.25) is 9.52 Å². The Morgan fingerprint density at radius 2 is 1.88 bits per heavy atom. The molecule has 4 rings (SSSR count). The number of carbonyl (C=O) groups excluding carboxylic acids is 1. The molecule has 2 aromatic carbocycles. The minimum absolute atomic E-state index is 0.106. The molecule has 0 saturated carbocycles. The smallest absolute Gasteiger partial charge is 0.261 e. The second-order valence-corrected chi connectivity index (χ2v) is 9.89. The monoisotopic (exact) mass is 491 g/mol. The van der Waals surface area contributed by atoms with E-state index in [4.69, 9.17) is 11.6 Å². The van der Waals surface area contributed by atoms with Crippen LogP contribution < -0.4 is 4.72 Å². The van der Waals surface area contributed by atoms with E-state index < -0.39 is 15.8 Å². The van der Waals surface area contributed by atoms with Gasteiger partial charge in [0.1, 0.15) is 18.0 Å². The van der Waals surface area contributed by atoms with Gasteiger partial charge in [0.2, 0.25) is 0 Å².